The van der Waals surface area contributed by atoms with Crippen molar-refractivity contribution in [1.82, 2.24) is 0 Å². The van der Waals surface area contributed by atoms with Gasteiger partial charge >= 0.3 is 13.7 Å². The molecule has 0 spiro atoms. The number of hydrogen-bond acceptors (Lipinski definition) is 3. The van der Waals surface area contributed by atoms with Gasteiger partial charge in [0.25, 0.3) is 5.91 Å². The molecule has 0 aromatic carbocycles. The average molecular weight is 315 g/mol. The van der Waals surface area contributed by atoms with Crippen LogP contribution in [0.5, 0.6) is 0 Å². The first-order chi connectivity index (χ1) is 5.12. The zero-order valence-corrected chi connectivity index (χ0v) is 10.7. The largest absolute Gasteiger partial charge is 0.339 e. The third kappa shape index (κ3) is 3.46. The van der Waals surface area contributed by atoms with Crippen molar-refractivity contribution in [2.45, 2.75) is 0 Å². The monoisotopic (exact) mass is 313 g/mol. The van der Waals surface area contributed by atoms with Crippen LogP contribution >= 0.6 is 64.6 Å². The topological polar surface area (TPSA) is 37.1 Å². The van der Waals surface area contributed by atoms with E-state index in [9.17, 15) is 8.39 Å². The van der Waals surface area contributed by atoms with E-state index < -0.39 is 19.6 Å². The fourth-order valence-electron chi connectivity index (χ4n) is 0.442. The summed E-state index contributed by atoms with van der Waals surface area (Å²) in [6.07, 6.45) is 0. The molecule has 12 heavy (non-hydrogen) atoms. The molecule has 1 aliphatic heterocycles. The first kappa shape index (κ1) is 11.8. The van der Waals surface area contributed by atoms with Crippen molar-refractivity contribution < 1.29 is 8.39 Å². The molecule has 3 nitrogen and oxygen atoms in total. The first-order valence-corrected chi connectivity index (χ1v) is 10.7. The summed E-state index contributed by atoms with van der Waals surface area (Å²) in [5.74, 6) is -3.39. The van der Waals surface area contributed by atoms with Crippen LogP contribution < -0.4 is 0 Å². The first-order valence-electron chi connectivity index (χ1n) is 2.21. The summed E-state index contributed by atoms with van der Waals surface area (Å²) in [5.41, 5.74) is 0. The van der Waals surface area contributed by atoms with Gasteiger partial charge in [-0.3, -0.25) is 0 Å². The normalized spacial score (nSPS) is 45.5. The molecule has 1 aliphatic rings. The van der Waals surface area contributed by atoms with Gasteiger partial charge in [0.2, 0.25) is 0 Å². The molecule has 0 saturated carbocycles. The molecule has 2 atom stereocenters. The second kappa shape index (κ2) is 3.38. The van der Waals surface area contributed by atoms with E-state index in [0.29, 0.717) is 0 Å². The lowest BCUT2D eigenvalue weighted by atomic mass is 13.8. The third-order valence-corrected chi connectivity index (χ3v) is 10.7. The Morgan fingerprint density at radius 3 is 1.50 bits per heavy atom. The fourth-order valence-corrected chi connectivity index (χ4v) is 13.1. The maximum absolute atomic E-state index is 12.9. The van der Waals surface area contributed by atoms with Gasteiger partial charge in [0.15, 0.2) is 0 Å². The lowest BCUT2D eigenvalue weighted by molar-refractivity contribution is 0.879. The molecular formula is Cl4F2N3P3. The Morgan fingerprint density at radius 2 is 1.17 bits per heavy atom. The van der Waals surface area contributed by atoms with E-state index in [1.54, 1.807) is 0 Å². The Hall–Kier alpha value is 1.71. The molecule has 72 valence electrons. The maximum Gasteiger partial charge on any atom is 0.339 e. The fraction of sp³-hybridized carbons (Fsp3) is 0. The van der Waals surface area contributed by atoms with Crippen molar-refractivity contribution >= 4 is 64.6 Å². The summed E-state index contributed by atoms with van der Waals surface area (Å²) in [6, 6.07) is 0. The van der Waals surface area contributed by atoms with E-state index in [1.807, 2.05) is 0 Å². The van der Waals surface area contributed by atoms with Crippen LogP contribution in [0.3, 0.4) is 0 Å². The Kier molecular flexibility index (Phi) is 3.32. The SMILES string of the molecule is F[P@]1(Cl)=NP(Cl)(Cl)=N[P@](F)(Cl)=N1. The van der Waals surface area contributed by atoms with Gasteiger partial charge in [0.1, 0.15) is 0 Å². The maximum atomic E-state index is 12.9. The molecule has 0 aliphatic carbocycles. The third-order valence-electron chi connectivity index (χ3n) is 0.646. The highest BCUT2D eigenvalue weighted by Gasteiger charge is 2.33. The zero-order chi connectivity index (χ0) is 9.62. The molecule has 0 bridgehead atoms. The Morgan fingerprint density at radius 1 is 0.750 bits per heavy atom. The van der Waals surface area contributed by atoms with Gasteiger partial charge < -0.3 is 0 Å². The molecule has 1 rings (SSSR count). The summed E-state index contributed by atoms with van der Waals surface area (Å²) >= 11 is 20.8. The van der Waals surface area contributed by atoms with Crippen molar-refractivity contribution in [3.63, 3.8) is 0 Å². The summed E-state index contributed by atoms with van der Waals surface area (Å²) in [7, 11) is 0. The number of hydrogen-bond donors (Lipinski definition) is 0. The van der Waals surface area contributed by atoms with Crippen molar-refractivity contribution in [2.24, 2.45) is 13.5 Å². The summed E-state index contributed by atoms with van der Waals surface area (Å²) < 4.78 is 34.7. The van der Waals surface area contributed by atoms with Crippen LogP contribution in [0, 0.1) is 0 Å². The Balaban J connectivity index is 3.46. The summed E-state index contributed by atoms with van der Waals surface area (Å²) in [6.45, 7) is -8.25. The van der Waals surface area contributed by atoms with E-state index in [-0.39, 0.29) is 0 Å². The lowest BCUT2D eigenvalue weighted by Crippen LogP contribution is -1.63. The molecule has 0 aromatic heterocycles. The second-order valence-corrected chi connectivity index (χ2v) is 12.4. The molecule has 0 N–H and O–H groups in total. The van der Waals surface area contributed by atoms with Crippen LogP contribution in [0.4, 0.5) is 8.39 Å². The van der Waals surface area contributed by atoms with E-state index in [1.165, 1.54) is 0 Å². The lowest BCUT2D eigenvalue weighted by Gasteiger charge is -2.13. The molecule has 0 radical (unpaired) electrons. The highest BCUT2D eigenvalue weighted by Crippen LogP contribution is 2.86. The molecule has 1 heterocycles. The minimum atomic E-state index is -4.12. The van der Waals surface area contributed by atoms with Gasteiger partial charge in [-0.25, -0.2) is 0 Å². The van der Waals surface area contributed by atoms with E-state index in [4.69, 9.17) is 45.0 Å². The number of nitrogens with zero attached hydrogens (tertiary/aromatic N) is 3. The van der Waals surface area contributed by atoms with Crippen LogP contribution in [0.25, 0.3) is 0 Å². The highest BCUT2D eigenvalue weighted by molar-refractivity contribution is 8.16. The van der Waals surface area contributed by atoms with E-state index >= 15 is 0 Å². The minimum absolute atomic E-state index is 2.79. The Labute approximate surface area is 86.5 Å². The molecule has 12 heteroatoms. The predicted octanol–water partition coefficient (Wildman–Crippen LogP) is 6.73. The molecule has 0 fully saturated rings. The quantitative estimate of drug-likeness (QED) is 0.444. The van der Waals surface area contributed by atoms with Crippen LogP contribution in [0.15, 0.2) is 13.5 Å². The molecule has 0 unspecified atom stereocenters. The summed E-state index contributed by atoms with van der Waals surface area (Å²) in [5, 5.41) is 0. The molecular weight excluding hydrogens is 315 g/mol. The molecule has 0 saturated heterocycles. The van der Waals surface area contributed by atoms with Gasteiger partial charge in [-0.05, 0) is 45.0 Å². The van der Waals surface area contributed by atoms with Crippen molar-refractivity contribution in [3.05, 3.63) is 0 Å². The Bertz CT molecular complexity index is 280. The summed E-state index contributed by atoms with van der Waals surface area (Å²) in [4.78, 5) is 0. The standard InChI is InChI=1S/Cl4F2N3P3/c1-10(2)7-11(3,5)9-12(4,6)8-10/t11-,12-/m1/s1. The van der Waals surface area contributed by atoms with Crippen molar-refractivity contribution in [2.75, 3.05) is 0 Å². The van der Waals surface area contributed by atoms with Crippen LogP contribution in [0.1, 0.15) is 0 Å². The zero-order valence-electron chi connectivity index (χ0n) is 4.95. The minimum Gasteiger partial charge on any atom is -0.170 e. The van der Waals surface area contributed by atoms with Gasteiger partial charge in [-0.1, -0.05) is 0 Å². The van der Waals surface area contributed by atoms with Gasteiger partial charge in [0.05, 0.1) is 0 Å². The van der Waals surface area contributed by atoms with Gasteiger partial charge in [-0.15, -0.1) is 0 Å². The smallest absolute Gasteiger partial charge is 0.170 e. The van der Waals surface area contributed by atoms with Gasteiger partial charge in [-0.2, -0.15) is 21.9 Å². The van der Waals surface area contributed by atoms with Gasteiger partial charge in [0, 0.05) is 0 Å². The average Bonchev–Trinajstić information content (AvgIpc) is 1.44. The van der Waals surface area contributed by atoms with Crippen LogP contribution in [-0.2, 0) is 0 Å². The van der Waals surface area contributed by atoms with Crippen molar-refractivity contribution in [1.29, 1.82) is 0 Å². The van der Waals surface area contributed by atoms with E-state index in [0.717, 1.165) is 0 Å². The second-order valence-electron chi connectivity index (χ2n) is 1.64. The van der Waals surface area contributed by atoms with Crippen LogP contribution in [-0.4, -0.2) is 0 Å². The number of halogens is 6. The highest BCUT2D eigenvalue weighted by atomic mass is 35.9. The molecule has 0 amide bonds. The van der Waals surface area contributed by atoms with E-state index in [2.05, 4.69) is 13.5 Å². The number of rotatable bonds is 0. The van der Waals surface area contributed by atoms with Crippen LogP contribution in [0.2, 0.25) is 0 Å². The van der Waals surface area contributed by atoms with Crippen molar-refractivity contribution in [3.8, 4) is 0 Å². The predicted molar refractivity (Wildman–Crippen MR) is 53.7 cm³/mol. The molecule has 0 aromatic rings.